The van der Waals surface area contributed by atoms with E-state index in [1.54, 1.807) is 6.33 Å². The second kappa shape index (κ2) is 3.68. The van der Waals surface area contributed by atoms with Crippen LogP contribution in [0.5, 0.6) is 0 Å². The Balaban J connectivity index is 1.91. The molecule has 0 saturated heterocycles. The first-order chi connectivity index (χ1) is 6.34. The van der Waals surface area contributed by atoms with Crippen molar-refractivity contribution in [3.63, 3.8) is 0 Å². The number of hydrogen-bond donors (Lipinski definition) is 0. The van der Waals surface area contributed by atoms with Crippen molar-refractivity contribution in [3.05, 3.63) is 12.7 Å². The molecular formula is C9H14N4. The van der Waals surface area contributed by atoms with E-state index >= 15 is 0 Å². The van der Waals surface area contributed by atoms with Gasteiger partial charge in [-0.25, -0.2) is 4.98 Å². The van der Waals surface area contributed by atoms with Crippen LogP contribution in [0.4, 0.5) is 0 Å². The number of hydrogen-bond acceptors (Lipinski definition) is 3. The molecule has 0 spiro atoms. The maximum Gasteiger partial charge on any atom is 0.139 e. The Morgan fingerprint density at radius 2 is 2.46 bits per heavy atom. The normalized spacial score (nSPS) is 18.7. The lowest BCUT2D eigenvalue weighted by Gasteiger charge is -2.24. The van der Waals surface area contributed by atoms with Crippen molar-refractivity contribution in [2.45, 2.75) is 32.6 Å². The number of rotatable bonds is 3. The Labute approximate surface area is 77.7 Å². The quantitative estimate of drug-likeness (QED) is 0.661. The van der Waals surface area contributed by atoms with Gasteiger partial charge in [0.25, 0.3) is 0 Å². The molecule has 13 heavy (non-hydrogen) atoms. The summed E-state index contributed by atoms with van der Waals surface area (Å²) in [7, 11) is 0. The van der Waals surface area contributed by atoms with Gasteiger partial charge in [0, 0.05) is 5.71 Å². The van der Waals surface area contributed by atoms with Crippen molar-refractivity contribution >= 4 is 5.71 Å². The highest BCUT2D eigenvalue weighted by Crippen LogP contribution is 2.29. The molecule has 1 saturated carbocycles. The molecule has 0 N–H and O–H groups in total. The van der Waals surface area contributed by atoms with Crippen LogP contribution in [0.25, 0.3) is 0 Å². The van der Waals surface area contributed by atoms with E-state index in [1.807, 2.05) is 0 Å². The summed E-state index contributed by atoms with van der Waals surface area (Å²) in [5, 5.41) is 8.23. The van der Waals surface area contributed by atoms with E-state index in [4.69, 9.17) is 0 Å². The molecule has 1 aromatic heterocycles. The van der Waals surface area contributed by atoms with Gasteiger partial charge in [0.1, 0.15) is 12.7 Å². The average Bonchev–Trinajstić information content (AvgIpc) is 2.49. The molecule has 4 nitrogen and oxygen atoms in total. The Hall–Kier alpha value is -1.19. The van der Waals surface area contributed by atoms with Gasteiger partial charge in [0.2, 0.25) is 0 Å². The van der Waals surface area contributed by atoms with Crippen molar-refractivity contribution in [1.82, 2.24) is 14.9 Å². The van der Waals surface area contributed by atoms with Gasteiger partial charge in [-0.3, -0.25) is 0 Å². The van der Waals surface area contributed by atoms with Crippen LogP contribution >= 0.6 is 0 Å². The zero-order chi connectivity index (χ0) is 9.10. The molecule has 2 rings (SSSR count). The zero-order valence-electron chi connectivity index (χ0n) is 7.85. The summed E-state index contributed by atoms with van der Waals surface area (Å²) in [5.41, 5.74) is 1.15. The SMILES string of the molecule is C/C(CC1CCC1)=N\n1cncn1. The minimum atomic E-state index is 0.868. The molecule has 0 radical (unpaired) electrons. The fourth-order valence-corrected chi connectivity index (χ4v) is 1.58. The molecule has 0 aliphatic heterocycles. The Bertz CT molecular complexity index is 285. The third-order valence-electron chi connectivity index (χ3n) is 2.49. The maximum atomic E-state index is 4.30. The van der Waals surface area contributed by atoms with Gasteiger partial charge in [0.05, 0.1) is 0 Å². The smallest absolute Gasteiger partial charge is 0.139 e. The van der Waals surface area contributed by atoms with Crippen molar-refractivity contribution in [2.75, 3.05) is 0 Å². The van der Waals surface area contributed by atoms with E-state index in [0.717, 1.165) is 18.1 Å². The summed E-state index contributed by atoms with van der Waals surface area (Å²) in [5.74, 6) is 0.868. The highest BCUT2D eigenvalue weighted by atomic mass is 15.5. The van der Waals surface area contributed by atoms with Gasteiger partial charge in [-0.1, -0.05) is 19.3 Å². The van der Waals surface area contributed by atoms with Crippen LogP contribution < -0.4 is 0 Å². The first kappa shape index (κ1) is 8.41. The van der Waals surface area contributed by atoms with Crippen molar-refractivity contribution in [3.8, 4) is 0 Å². The Kier molecular flexibility index (Phi) is 2.38. The van der Waals surface area contributed by atoms with Crippen LogP contribution in [-0.4, -0.2) is 20.6 Å². The molecule has 1 aromatic rings. The largest absolute Gasteiger partial charge is 0.221 e. The maximum absolute atomic E-state index is 4.30. The molecule has 0 atom stereocenters. The van der Waals surface area contributed by atoms with Crippen molar-refractivity contribution in [1.29, 1.82) is 0 Å². The monoisotopic (exact) mass is 178 g/mol. The average molecular weight is 178 g/mol. The summed E-state index contributed by atoms with van der Waals surface area (Å²) >= 11 is 0. The molecule has 1 aliphatic rings. The summed E-state index contributed by atoms with van der Waals surface area (Å²) in [6.45, 7) is 2.06. The summed E-state index contributed by atoms with van der Waals surface area (Å²) < 4.78 is 0. The van der Waals surface area contributed by atoms with E-state index in [1.165, 1.54) is 30.4 Å². The highest BCUT2D eigenvalue weighted by Gasteiger charge is 2.17. The highest BCUT2D eigenvalue weighted by molar-refractivity contribution is 5.81. The number of aromatic nitrogens is 3. The zero-order valence-corrected chi connectivity index (χ0v) is 7.85. The molecule has 1 aliphatic carbocycles. The predicted molar refractivity (Wildman–Crippen MR) is 50.5 cm³/mol. The van der Waals surface area contributed by atoms with Crippen LogP contribution in [0.2, 0.25) is 0 Å². The van der Waals surface area contributed by atoms with E-state index in [0.29, 0.717) is 0 Å². The third-order valence-corrected chi connectivity index (χ3v) is 2.49. The van der Waals surface area contributed by atoms with Gasteiger partial charge < -0.3 is 0 Å². The van der Waals surface area contributed by atoms with E-state index < -0.39 is 0 Å². The first-order valence-corrected chi connectivity index (χ1v) is 4.73. The number of nitrogens with zero attached hydrogens (tertiary/aromatic N) is 4. The summed E-state index contributed by atoms with van der Waals surface area (Å²) in [6, 6.07) is 0. The van der Waals surface area contributed by atoms with E-state index in [-0.39, 0.29) is 0 Å². The molecule has 1 heterocycles. The van der Waals surface area contributed by atoms with Crippen LogP contribution in [0.15, 0.2) is 17.8 Å². The van der Waals surface area contributed by atoms with Crippen LogP contribution in [-0.2, 0) is 0 Å². The van der Waals surface area contributed by atoms with Crippen molar-refractivity contribution < 1.29 is 0 Å². The summed E-state index contributed by atoms with van der Waals surface area (Å²) in [4.78, 5) is 5.36. The van der Waals surface area contributed by atoms with E-state index in [2.05, 4.69) is 22.1 Å². The molecular weight excluding hydrogens is 164 g/mol. The summed E-state index contributed by atoms with van der Waals surface area (Å²) in [6.07, 6.45) is 8.35. The van der Waals surface area contributed by atoms with Gasteiger partial charge in [-0.15, -0.1) is 9.89 Å². The van der Waals surface area contributed by atoms with Gasteiger partial charge in [-0.05, 0) is 19.3 Å². The van der Waals surface area contributed by atoms with Gasteiger partial charge in [-0.2, -0.15) is 5.10 Å². The lowest BCUT2D eigenvalue weighted by atomic mass is 9.82. The molecule has 0 bridgehead atoms. The minimum Gasteiger partial charge on any atom is -0.221 e. The molecule has 1 fully saturated rings. The lowest BCUT2D eigenvalue weighted by molar-refractivity contribution is 0.326. The Morgan fingerprint density at radius 3 is 3.00 bits per heavy atom. The molecule has 0 aromatic carbocycles. The lowest BCUT2D eigenvalue weighted by Crippen LogP contribution is -2.14. The third kappa shape index (κ3) is 2.14. The topological polar surface area (TPSA) is 43.1 Å². The van der Waals surface area contributed by atoms with E-state index in [9.17, 15) is 0 Å². The van der Waals surface area contributed by atoms with Gasteiger partial charge >= 0.3 is 0 Å². The molecule has 0 amide bonds. The van der Waals surface area contributed by atoms with Crippen LogP contribution in [0.1, 0.15) is 32.6 Å². The second-order valence-corrected chi connectivity index (χ2v) is 3.65. The fraction of sp³-hybridized carbons (Fsp3) is 0.667. The fourth-order valence-electron chi connectivity index (χ4n) is 1.58. The van der Waals surface area contributed by atoms with Gasteiger partial charge in [0.15, 0.2) is 0 Å². The standard InChI is InChI=1S/C9H14N4/c1-8(5-9-3-2-4-9)12-13-7-10-6-11-13/h6-7,9H,2-5H2,1H3/b12-8+. The first-order valence-electron chi connectivity index (χ1n) is 4.73. The molecule has 0 unspecified atom stereocenters. The minimum absolute atomic E-state index is 0.868. The molecule has 4 heteroatoms. The second-order valence-electron chi connectivity index (χ2n) is 3.65. The van der Waals surface area contributed by atoms with Crippen LogP contribution in [0.3, 0.4) is 0 Å². The van der Waals surface area contributed by atoms with Crippen molar-refractivity contribution in [2.24, 2.45) is 11.0 Å². The Morgan fingerprint density at radius 1 is 1.62 bits per heavy atom. The molecule has 70 valence electrons. The predicted octanol–water partition coefficient (Wildman–Crippen LogP) is 1.69. The van der Waals surface area contributed by atoms with Crippen LogP contribution in [0, 0.1) is 5.92 Å².